The van der Waals surface area contributed by atoms with Gasteiger partial charge in [-0.1, -0.05) is 18.6 Å². The lowest BCUT2D eigenvalue weighted by molar-refractivity contribution is -0.139. The highest BCUT2D eigenvalue weighted by molar-refractivity contribution is 7.80. The summed E-state index contributed by atoms with van der Waals surface area (Å²) in [6, 6.07) is 7.88. The number of nitrogens with zero attached hydrogens (tertiary/aromatic N) is 2. The van der Waals surface area contributed by atoms with Crippen LogP contribution in [0.3, 0.4) is 0 Å². The average Bonchev–Trinajstić information content (AvgIpc) is 3.16. The molecule has 7 heteroatoms. The van der Waals surface area contributed by atoms with E-state index in [0.29, 0.717) is 18.1 Å². The quantitative estimate of drug-likeness (QED) is 0.585. The number of likely N-dealkylation sites (tertiary alicyclic amines) is 2. The van der Waals surface area contributed by atoms with Crippen molar-refractivity contribution in [1.29, 1.82) is 0 Å². The summed E-state index contributed by atoms with van der Waals surface area (Å²) in [5.41, 5.74) is 7.42. The van der Waals surface area contributed by atoms with Gasteiger partial charge in [-0.15, -0.1) is 12.8 Å². The van der Waals surface area contributed by atoms with E-state index in [1.165, 1.54) is 5.56 Å². The second-order valence-corrected chi connectivity index (χ2v) is 7.51. The molecule has 0 spiro atoms. The Kier molecular flexibility index (Phi) is 11.4. The number of benzene rings is 1. The van der Waals surface area contributed by atoms with E-state index in [-0.39, 0.29) is 11.8 Å². The van der Waals surface area contributed by atoms with Crippen molar-refractivity contribution in [2.45, 2.75) is 45.4 Å². The number of nitrogens with one attached hydrogen (secondary N) is 1. The monoisotopic (exact) mass is 416 g/mol. The van der Waals surface area contributed by atoms with Crippen LogP contribution < -0.4 is 11.1 Å². The molecule has 0 aromatic heterocycles. The number of anilines is 1. The summed E-state index contributed by atoms with van der Waals surface area (Å²) in [4.78, 5) is 27.3. The molecule has 1 aromatic carbocycles. The van der Waals surface area contributed by atoms with Gasteiger partial charge in [0, 0.05) is 31.7 Å². The highest BCUT2D eigenvalue weighted by atomic mass is 32.1. The van der Waals surface area contributed by atoms with Gasteiger partial charge in [0.1, 0.15) is 0 Å². The summed E-state index contributed by atoms with van der Waals surface area (Å²) >= 11 is 4.69. The lowest BCUT2D eigenvalue weighted by Gasteiger charge is -2.23. The molecule has 0 radical (unpaired) electrons. The molecule has 1 aromatic rings. The van der Waals surface area contributed by atoms with Gasteiger partial charge in [-0.05, 0) is 62.5 Å². The maximum Gasteiger partial charge on any atom is 0.242 e. The van der Waals surface area contributed by atoms with E-state index in [1.807, 2.05) is 36.1 Å². The van der Waals surface area contributed by atoms with Crippen LogP contribution in [0.5, 0.6) is 0 Å². The maximum atomic E-state index is 11.9. The number of carbonyl (C=O) groups is 2. The van der Waals surface area contributed by atoms with Crippen LogP contribution in [0, 0.1) is 19.8 Å². The molecule has 158 valence electrons. The zero-order valence-corrected chi connectivity index (χ0v) is 18.0. The predicted octanol–water partition coefficient (Wildman–Crippen LogP) is 2.91. The summed E-state index contributed by atoms with van der Waals surface area (Å²) in [7, 11) is 0. The third-order valence-corrected chi connectivity index (χ3v) is 4.84. The van der Waals surface area contributed by atoms with Crippen LogP contribution >= 0.6 is 12.2 Å². The van der Waals surface area contributed by atoms with E-state index in [9.17, 15) is 9.59 Å². The molecule has 0 bridgehead atoms. The lowest BCUT2D eigenvalue weighted by atomic mass is 10.2. The average molecular weight is 417 g/mol. The molecule has 2 heterocycles. The minimum Gasteiger partial charge on any atom is -0.376 e. The Morgan fingerprint density at radius 2 is 1.79 bits per heavy atom. The molecule has 2 fully saturated rings. The molecule has 3 N–H and O–H groups in total. The van der Waals surface area contributed by atoms with E-state index in [2.05, 4.69) is 30.4 Å². The third kappa shape index (κ3) is 9.44. The van der Waals surface area contributed by atoms with Crippen LogP contribution in [-0.4, -0.2) is 52.9 Å². The molecule has 29 heavy (non-hydrogen) atoms. The molecule has 0 atom stereocenters. The van der Waals surface area contributed by atoms with Crippen LogP contribution in [0.4, 0.5) is 5.69 Å². The van der Waals surface area contributed by atoms with Crippen molar-refractivity contribution in [3.05, 3.63) is 29.8 Å². The molecule has 3 rings (SSSR count). The van der Waals surface area contributed by atoms with E-state index < -0.39 is 0 Å². The normalized spacial score (nSPS) is 15.9. The van der Waals surface area contributed by atoms with Crippen LogP contribution in [-0.2, 0) is 9.59 Å². The largest absolute Gasteiger partial charge is 0.376 e. The summed E-state index contributed by atoms with van der Waals surface area (Å²) in [6.45, 7) is 4.84. The lowest BCUT2D eigenvalue weighted by Crippen LogP contribution is -2.41. The Balaban J connectivity index is 0.000000284. The Morgan fingerprint density at radius 3 is 2.41 bits per heavy atom. The summed E-state index contributed by atoms with van der Waals surface area (Å²) in [6.07, 6.45) is 14.0. The number of rotatable bonds is 3. The first-order chi connectivity index (χ1) is 14.0. The number of hydrogen-bond donors (Lipinski definition) is 2. The van der Waals surface area contributed by atoms with Crippen molar-refractivity contribution in [2.75, 3.05) is 31.5 Å². The van der Waals surface area contributed by atoms with Crippen molar-refractivity contribution in [1.82, 2.24) is 9.80 Å². The molecular weight excluding hydrogens is 384 g/mol. The Hall–Kier alpha value is -2.59. The number of carbonyl (C=O) groups excluding carboxylic acids is 2. The second kappa shape index (κ2) is 13.6. The number of thiocarbonyl (C=S) groups is 1. The van der Waals surface area contributed by atoms with Crippen molar-refractivity contribution in [3.8, 4) is 12.8 Å². The first-order valence-corrected chi connectivity index (χ1v) is 10.4. The fraction of sp³-hybridized carbons (Fsp3) is 0.500. The highest BCUT2D eigenvalue weighted by Gasteiger charge is 2.23. The molecule has 0 unspecified atom stereocenters. The van der Waals surface area contributed by atoms with Gasteiger partial charge < -0.3 is 20.9 Å². The number of aryl methyl sites for hydroxylation is 1. The van der Waals surface area contributed by atoms with Crippen molar-refractivity contribution < 1.29 is 9.59 Å². The first-order valence-electron chi connectivity index (χ1n) is 9.97. The maximum absolute atomic E-state index is 11.9. The Labute approximate surface area is 179 Å². The van der Waals surface area contributed by atoms with Crippen LogP contribution in [0.15, 0.2) is 24.3 Å². The van der Waals surface area contributed by atoms with Crippen LogP contribution in [0.1, 0.15) is 44.1 Å². The molecule has 0 saturated carbocycles. The fourth-order valence-electron chi connectivity index (χ4n) is 3.30. The first kappa shape index (κ1) is 24.4. The zero-order valence-electron chi connectivity index (χ0n) is 17.2. The van der Waals surface area contributed by atoms with E-state index in [1.54, 1.807) is 4.90 Å². The van der Waals surface area contributed by atoms with Gasteiger partial charge >= 0.3 is 0 Å². The van der Waals surface area contributed by atoms with Gasteiger partial charge in [-0.2, -0.15) is 0 Å². The van der Waals surface area contributed by atoms with E-state index in [4.69, 9.17) is 5.73 Å². The van der Waals surface area contributed by atoms with Crippen molar-refractivity contribution in [2.24, 2.45) is 5.73 Å². The minimum atomic E-state index is 0.132. The molecule has 2 aliphatic rings. The fourth-order valence-corrected chi connectivity index (χ4v) is 3.42. The molecule has 2 saturated heterocycles. The van der Waals surface area contributed by atoms with Gasteiger partial charge in [0.15, 0.2) is 5.11 Å². The van der Waals surface area contributed by atoms with Crippen LogP contribution in [0.2, 0.25) is 0 Å². The van der Waals surface area contributed by atoms with Crippen molar-refractivity contribution >= 4 is 34.8 Å². The van der Waals surface area contributed by atoms with Crippen molar-refractivity contribution in [3.63, 3.8) is 0 Å². The number of hydrogen-bond acceptors (Lipinski definition) is 3. The van der Waals surface area contributed by atoms with E-state index in [0.717, 1.165) is 57.4 Å². The van der Waals surface area contributed by atoms with E-state index >= 15 is 0 Å². The standard InChI is InChI=1S/C12H20N2O2.C8H10N2S.C2H2/c15-11-6-2-1-3-9-14(11)10-12(16)13-7-4-5-8-13;1-6-3-2-4-7(5-6)10-8(9)11;1-2/h1-10H2;2-5H,1H3,(H3,9,10,11);1-2H. The molecule has 0 aliphatic carbocycles. The topological polar surface area (TPSA) is 78.7 Å². The molecular formula is C22H32N4O2S. The van der Waals surface area contributed by atoms with Gasteiger partial charge in [0.2, 0.25) is 11.8 Å². The van der Waals surface area contributed by atoms with Gasteiger partial charge in [0.25, 0.3) is 0 Å². The van der Waals surface area contributed by atoms with Gasteiger partial charge in [-0.3, -0.25) is 9.59 Å². The van der Waals surface area contributed by atoms with Gasteiger partial charge in [0.05, 0.1) is 6.54 Å². The van der Waals surface area contributed by atoms with Gasteiger partial charge in [-0.25, -0.2) is 0 Å². The molecule has 2 aliphatic heterocycles. The number of terminal acetylenes is 1. The third-order valence-electron chi connectivity index (χ3n) is 4.74. The zero-order chi connectivity index (χ0) is 21.6. The number of nitrogens with two attached hydrogens (primary N) is 1. The molecule has 2 amide bonds. The highest BCUT2D eigenvalue weighted by Crippen LogP contribution is 2.13. The SMILES string of the molecule is C#C.Cc1cccc(NC(N)=S)c1.O=C(CN1CCCCCC1=O)N1CCCC1. The molecule has 6 nitrogen and oxygen atoms in total. The number of amides is 2. The smallest absolute Gasteiger partial charge is 0.242 e. The second-order valence-electron chi connectivity index (χ2n) is 7.07. The van der Waals surface area contributed by atoms with Crippen LogP contribution in [0.25, 0.3) is 0 Å². The Bertz CT molecular complexity index is 699. The predicted molar refractivity (Wildman–Crippen MR) is 122 cm³/mol. The summed E-state index contributed by atoms with van der Waals surface area (Å²) < 4.78 is 0. The summed E-state index contributed by atoms with van der Waals surface area (Å²) in [5.74, 6) is 0.290. The Morgan fingerprint density at radius 1 is 1.14 bits per heavy atom. The summed E-state index contributed by atoms with van der Waals surface area (Å²) in [5, 5.41) is 3.16. The minimum absolute atomic E-state index is 0.132.